The molecule has 3 nitrogen and oxygen atoms in total. The number of nitrogens with one attached hydrogen (secondary N) is 1. The van der Waals surface area contributed by atoms with Crippen LogP contribution in [0.1, 0.15) is 31.4 Å². The second kappa shape index (κ2) is 4.68. The van der Waals surface area contributed by atoms with E-state index in [2.05, 4.69) is 5.43 Å². The Bertz CT molecular complexity index is 405. The van der Waals surface area contributed by atoms with Crippen LogP contribution in [-0.2, 0) is 4.74 Å². The van der Waals surface area contributed by atoms with Crippen LogP contribution in [0.2, 0.25) is 0 Å². The third-order valence-electron chi connectivity index (χ3n) is 3.30. The van der Waals surface area contributed by atoms with E-state index < -0.39 is 23.3 Å². The largest absolute Gasteiger partial charge is 0.373 e. The van der Waals surface area contributed by atoms with Gasteiger partial charge in [-0.2, -0.15) is 0 Å². The van der Waals surface area contributed by atoms with Gasteiger partial charge in [0, 0.05) is 18.2 Å². The normalized spacial score (nSPS) is 26.1. The molecule has 1 aliphatic rings. The number of halogens is 2. The molecule has 2 rings (SSSR count). The Morgan fingerprint density at radius 1 is 1.47 bits per heavy atom. The molecule has 1 aromatic rings. The highest BCUT2D eigenvalue weighted by Gasteiger charge is 2.40. The summed E-state index contributed by atoms with van der Waals surface area (Å²) in [7, 11) is 0. The van der Waals surface area contributed by atoms with E-state index in [1.54, 1.807) is 0 Å². The molecule has 0 spiro atoms. The summed E-state index contributed by atoms with van der Waals surface area (Å²) in [6.07, 6.45) is 1.70. The van der Waals surface area contributed by atoms with Gasteiger partial charge < -0.3 is 4.74 Å². The van der Waals surface area contributed by atoms with Gasteiger partial charge in [0.2, 0.25) is 0 Å². The molecule has 1 aliphatic heterocycles. The summed E-state index contributed by atoms with van der Waals surface area (Å²) in [6, 6.07) is 3.01. The van der Waals surface area contributed by atoms with E-state index in [0.717, 1.165) is 18.9 Å². The minimum Gasteiger partial charge on any atom is -0.373 e. The van der Waals surface area contributed by atoms with Crippen molar-refractivity contribution >= 4 is 0 Å². The number of benzene rings is 1. The van der Waals surface area contributed by atoms with Gasteiger partial charge in [-0.15, -0.1) is 0 Å². The van der Waals surface area contributed by atoms with Gasteiger partial charge in [0.05, 0.1) is 11.6 Å². The van der Waals surface area contributed by atoms with E-state index in [0.29, 0.717) is 12.2 Å². The third-order valence-corrected chi connectivity index (χ3v) is 3.30. The van der Waals surface area contributed by atoms with E-state index >= 15 is 0 Å². The lowest BCUT2D eigenvalue weighted by molar-refractivity contribution is -0.0135. The van der Waals surface area contributed by atoms with Crippen LogP contribution in [0.5, 0.6) is 0 Å². The molecule has 0 amide bonds. The van der Waals surface area contributed by atoms with Gasteiger partial charge >= 0.3 is 0 Å². The smallest absolute Gasteiger partial charge is 0.131 e. The van der Waals surface area contributed by atoms with E-state index in [1.807, 2.05) is 6.92 Å². The fraction of sp³-hybridized carbons (Fsp3) is 0.500. The van der Waals surface area contributed by atoms with Crippen LogP contribution in [0.15, 0.2) is 18.2 Å². The minimum absolute atomic E-state index is 0.332. The molecule has 0 aromatic heterocycles. The molecule has 1 heterocycles. The molecule has 0 bridgehead atoms. The predicted molar refractivity (Wildman–Crippen MR) is 60.0 cm³/mol. The predicted octanol–water partition coefficient (Wildman–Crippen LogP) is 2.04. The Kier molecular flexibility index (Phi) is 3.42. The molecule has 0 saturated carbocycles. The van der Waals surface area contributed by atoms with Gasteiger partial charge in [-0.25, -0.2) is 14.2 Å². The Hall–Kier alpha value is -1.04. The lowest BCUT2D eigenvalue weighted by atomic mass is 9.88. The Labute approximate surface area is 98.9 Å². The molecule has 17 heavy (non-hydrogen) atoms. The van der Waals surface area contributed by atoms with E-state index in [9.17, 15) is 8.78 Å². The maximum Gasteiger partial charge on any atom is 0.131 e. The first kappa shape index (κ1) is 12.4. The SMILES string of the molecule is CC1(C(NN)c2ccc(F)cc2F)CCCO1. The Morgan fingerprint density at radius 3 is 2.76 bits per heavy atom. The molecule has 2 atom stereocenters. The van der Waals surface area contributed by atoms with Gasteiger partial charge in [0.1, 0.15) is 11.6 Å². The van der Waals surface area contributed by atoms with E-state index in [-0.39, 0.29) is 0 Å². The van der Waals surface area contributed by atoms with Crippen molar-refractivity contribution in [2.24, 2.45) is 5.84 Å². The number of hydrazine groups is 1. The first-order valence-electron chi connectivity index (χ1n) is 5.62. The molecule has 94 valence electrons. The molecule has 5 heteroatoms. The van der Waals surface area contributed by atoms with Crippen molar-refractivity contribution in [1.82, 2.24) is 5.43 Å². The second-order valence-electron chi connectivity index (χ2n) is 4.53. The Balaban J connectivity index is 2.34. The number of rotatable bonds is 3. The second-order valence-corrected chi connectivity index (χ2v) is 4.53. The maximum atomic E-state index is 13.7. The number of hydrogen-bond acceptors (Lipinski definition) is 3. The van der Waals surface area contributed by atoms with Crippen molar-refractivity contribution in [3.63, 3.8) is 0 Å². The van der Waals surface area contributed by atoms with Crippen molar-refractivity contribution in [2.75, 3.05) is 6.61 Å². The average molecular weight is 242 g/mol. The highest BCUT2D eigenvalue weighted by molar-refractivity contribution is 5.25. The summed E-state index contributed by atoms with van der Waals surface area (Å²) in [5.74, 6) is 4.28. The first-order chi connectivity index (χ1) is 8.07. The quantitative estimate of drug-likeness (QED) is 0.630. The summed E-state index contributed by atoms with van der Waals surface area (Å²) >= 11 is 0. The van der Waals surface area contributed by atoms with Crippen molar-refractivity contribution in [2.45, 2.75) is 31.4 Å². The van der Waals surface area contributed by atoms with Gasteiger partial charge in [-0.3, -0.25) is 5.84 Å². The lowest BCUT2D eigenvalue weighted by Crippen LogP contribution is -2.44. The van der Waals surface area contributed by atoms with Crippen LogP contribution >= 0.6 is 0 Å². The van der Waals surface area contributed by atoms with E-state index in [4.69, 9.17) is 10.6 Å². The highest BCUT2D eigenvalue weighted by Crippen LogP contribution is 2.37. The zero-order valence-corrected chi connectivity index (χ0v) is 9.67. The summed E-state index contributed by atoms with van der Waals surface area (Å²) in [5.41, 5.74) is 2.36. The van der Waals surface area contributed by atoms with Crippen molar-refractivity contribution in [3.8, 4) is 0 Å². The average Bonchev–Trinajstić information content (AvgIpc) is 2.70. The zero-order valence-electron chi connectivity index (χ0n) is 9.67. The molecule has 1 saturated heterocycles. The van der Waals surface area contributed by atoms with Crippen LogP contribution in [0.25, 0.3) is 0 Å². The van der Waals surface area contributed by atoms with Crippen molar-refractivity contribution in [1.29, 1.82) is 0 Å². The highest BCUT2D eigenvalue weighted by atomic mass is 19.1. The van der Waals surface area contributed by atoms with E-state index in [1.165, 1.54) is 12.1 Å². The lowest BCUT2D eigenvalue weighted by Gasteiger charge is -2.33. The Morgan fingerprint density at radius 2 is 2.24 bits per heavy atom. The topological polar surface area (TPSA) is 47.3 Å². The summed E-state index contributed by atoms with van der Waals surface area (Å²) < 4.78 is 32.2. The van der Waals surface area contributed by atoms with Gasteiger partial charge in [0.25, 0.3) is 0 Å². The van der Waals surface area contributed by atoms with Crippen LogP contribution in [0.3, 0.4) is 0 Å². The standard InChI is InChI=1S/C12H16F2N2O/c1-12(5-2-6-17-12)11(16-15)9-4-3-8(13)7-10(9)14/h3-4,7,11,16H,2,5-6,15H2,1H3. The molecule has 1 fully saturated rings. The summed E-state index contributed by atoms with van der Waals surface area (Å²) in [4.78, 5) is 0. The summed E-state index contributed by atoms with van der Waals surface area (Å²) in [6.45, 7) is 2.52. The molecule has 1 aromatic carbocycles. The molecule has 0 aliphatic carbocycles. The monoisotopic (exact) mass is 242 g/mol. The molecule has 2 unspecified atom stereocenters. The zero-order chi connectivity index (χ0) is 12.5. The number of ether oxygens (including phenoxy) is 1. The molecule has 0 radical (unpaired) electrons. The van der Waals surface area contributed by atoms with Crippen molar-refractivity contribution < 1.29 is 13.5 Å². The van der Waals surface area contributed by atoms with Crippen LogP contribution in [0.4, 0.5) is 8.78 Å². The molecular weight excluding hydrogens is 226 g/mol. The minimum atomic E-state index is -0.607. The van der Waals surface area contributed by atoms with Crippen LogP contribution in [0, 0.1) is 11.6 Å². The number of nitrogens with two attached hydrogens (primary N) is 1. The molecule has 3 N–H and O–H groups in total. The summed E-state index contributed by atoms with van der Waals surface area (Å²) in [5, 5.41) is 0. The van der Waals surface area contributed by atoms with Gasteiger partial charge in [-0.1, -0.05) is 6.07 Å². The van der Waals surface area contributed by atoms with Gasteiger partial charge in [-0.05, 0) is 25.8 Å². The fourth-order valence-electron chi connectivity index (χ4n) is 2.36. The third kappa shape index (κ3) is 2.31. The first-order valence-corrected chi connectivity index (χ1v) is 5.62. The fourth-order valence-corrected chi connectivity index (χ4v) is 2.36. The van der Waals surface area contributed by atoms with Crippen LogP contribution < -0.4 is 11.3 Å². The maximum absolute atomic E-state index is 13.7. The molecular formula is C12H16F2N2O. The van der Waals surface area contributed by atoms with Crippen molar-refractivity contribution in [3.05, 3.63) is 35.4 Å². The van der Waals surface area contributed by atoms with Crippen LogP contribution in [-0.4, -0.2) is 12.2 Å². The van der Waals surface area contributed by atoms with Gasteiger partial charge in [0.15, 0.2) is 0 Å². The number of hydrogen-bond donors (Lipinski definition) is 2.